The van der Waals surface area contributed by atoms with Crippen molar-refractivity contribution in [2.45, 2.75) is 31.6 Å². The van der Waals surface area contributed by atoms with Crippen LogP contribution in [0.1, 0.15) is 31.0 Å². The van der Waals surface area contributed by atoms with Crippen LogP contribution in [0.4, 0.5) is 0 Å². The maximum Gasteiger partial charge on any atom is 0.304 e. The second kappa shape index (κ2) is 2.55. The molecule has 1 aromatic rings. The highest BCUT2D eigenvalue weighted by molar-refractivity contribution is 5.69. The number of hydrogen-bond donors (Lipinski definition) is 1. The van der Waals surface area contributed by atoms with Crippen molar-refractivity contribution in [3.05, 3.63) is 11.7 Å². The maximum atomic E-state index is 10.5. The molecular formula is C8H10N2O3. The molecule has 0 atom stereocenters. The molecule has 5 nitrogen and oxygen atoms in total. The molecular weight excluding hydrogens is 172 g/mol. The van der Waals surface area contributed by atoms with Gasteiger partial charge >= 0.3 is 5.97 Å². The smallest absolute Gasteiger partial charge is 0.304 e. The number of aryl methyl sites for hydroxylation is 1. The molecule has 0 amide bonds. The molecule has 13 heavy (non-hydrogen) atoms. The Morgan fingerprint density at radius 3 is 2.77 bits per heavy atom. The number of carboxylic acids is 1. The monoisotopic (exact) mass is 182 g/mol. The lowest BCUT2D eigenvalue weighted by molar-refractivity contribution is -0.137. The zero-order valence-electron chi connectivity index (χ0n) is 7.28. The van der Waals surface area contributed by atoms with Crippen molar-refractivity contribution < 1.29 is 14.4 Å². The molecule has 5 heteroatoms. The first kappa shape index (κ1) is 8.22. The van der Waals surface area contributed by atoms with Gasteiger partial charge in [0.05, 0.1) is 11.8 Å². The summed E-state index contributed by atoms with van der Waals surface area (Å²) in [6.07, 6.45) is 1.76. The van der Waals surface area contributed by atoms with Gasteiger partial charge in [-0.1, -0.05) is 5.16 Å². The average Bonchev–Trinajstić information content (AvgIpc) is 2.65. The minimum atomic E-state index is -0.812. The first-order chi connectivity index (χ1) is 6.12. The van der Waals surface area contributed by atoms with Crippen molar-refractivity contribution in [3.8, 4) is 0 Å². The van der Waals surface area contributed by atoms with E-state index < -0.39 is 5.97 Å². The van der Waals surface area contributed by atoms with E-state index in [1.807, 2.05) is 0 Å². The van der Waals surface area contributed by atoms with E-state index in [-0.39, 0.29) is 11.8 Å². The van der Waals surface area contributed by atoms with Crippen molar-refractivity contribution in [3.63, 3.8) is 0 Å². The van der Waals surface area contributed by atoms with Gasteiger partial charge in [-0.2, -0.15) is 4.98 Å². The van der Waals surface area contributed by atoms with Crippen LogP contribution in [-0.2, 0) is 10.2 Å². The van der Waals surface area contributed by atoms with E-state index >= 15 is 0 Å². The molecule has 0 radical (unpaired) electrons. The third-order valence-corrected chi connectivity index (χ3v) is 2.32. The summed E-state index contributed by atoms with van der Waals surface area (Å²) in [4.78, 5) is 14.6. The number of hydrogen-bond acceptors (Lipinski definition) is 4. The van der Waals surface area contributed by atoms with Crippen LogP contribution >= 0.6 is 0 Å². The molecule has 70 valence electrons. The van der Waals surface area contributed by atoms with Gasteiger partial charge in [0.15, 0.2) is 5.82 Å². The van der Waals surface area contributed by atoms with Gasteiger partial charge in [0, 0.05) is 0 Å². The van der Waals surface area contributed by atoms with Crippen molar-refractivity contribution in [2.75, 3.05) is 0 Å². The molecule has 2 rings (SSSR count). The van der Waals surface area contributed by atoms with Crippen LogP contribution in [0.5, 0.6) is 0 Å². The summed E-state index contributed by atoms with van der Waals surface area (Å²) in [5, 5.41) is 12.3. The zero-order chi connectivity index (χ0) is 9.47. The van der Waals surface area contributed by atoms with Gasteiger partial charge < -0.3 is 9.63 Å². The van der Waals surface area contributed by atoms with E-state index in [4.69, 9.17) is 9.63 Å². The van der Waals surface area contributed by atoms with Gasteiger partial charge in [-0.05, 0) is 19.8 Å². The quantitative estimate of drug-likeness (QED) is 0.751. The van der Waals surface area contributed by atoms with Crippen LogP contribution in [0.15, 0.2) is 4.52 Å². The van der Waals surface area contributed by atoms with E-state index in [1.165, 1.54) is 0 Å². The molecule has 1 saturated carbocycles. The van der Waals surface area contributed by atoms with Crippen molar-refractivity contribution in [1.29, 1.82) is 0 Å². The summed E-state index contributed by atoms with van der Waals surface area (Å²) in [5.74, 6) is 0.229. The molecule has 0 aromatic carbocycles. The van der Waals surface area contributed by atoms with Gasteiger partial charge in [0.2, 0.25) is 5.89 Å². The van der Waals surface area contributed by atoms with Crippen molar-refractivity contribution in [2.24, 2.45) is 0 Å². The molecule has 1 N–H and O–H groups in total. The van der Waals surface area contributed by atoms with Crippen LogP contribution < -0.4 is 0 Å². The molecule has 1 fully saturated rings. The molecule has 0 unspecified atom stereocenters. The predicted molar refractivity (Wildman–Crippen MR) is 42.2 cm³/mol. The number of aromatic nitrogens is 2. The lowest BCUT2D eigenvalue weighted by Crippen LogP contribution is -2.13. The Labute approximate surface area is 74.8 Å². The molecule has 1 aliphatic carbocycles. The molecule has 1 aliphatic rings. The summed E-state index contributed by atoms with van der Waals surface area (Å²) < 4.78 is 4.97. The Hall–Kier alpha value is -1.39. The Bertz CT molecular complexity index is 341. The summed E-state index contributed by atoms with van der Waals surface area (Å²) in [7, 11) is 0. The predicted octanol–water partition coefficient (Wildman–Crippen LogP) is 0.884. The largest absolute Gasteiger partial charge is 0.481 e. The lowest BCUT2D eigenvalue weighted by atomic mass is 10.0. The highest BCUT2D eigenvalue weighted by Gasteiger charge is 2.50. The Balaban J connectivity index is 2.20. The molecule has 0 bridgehead atoms. The van der Waals surface area contributed by atoms with E-state index in [1.54, 1.807) is 6.92 Å². The Kier molecular flexibility index (Phi) is 1.61. The van der Waals surface area contributed by atoms with E-state index in [0.29, 0.717) is 11.7 Å². The van der Waals surface area contributed by atoms with Gasteiger partial charge in [0.1, 0.15) is 0 Å². The summed E-state index contributed by atoms with van der Waals surface area (Å²) in [6, 6.07) is 0. The molecule has 1 aromatic heterocycles. The van der Waals surface area contributed by atoms with Gasteiger partial charge in [-0.3, -0.25) is 4.79 Å². The maximum absolute atomic E-state index is 10.5. The van der Waals surface area contributed by atoms with Gasteiger partial charge in [0.25, 0.3) is 0 Å². The normalized spacial score (nSPS) is 18.5. The first-order valence-corrected chi connectivity index (χ1v) is 4.15. The lowest BCUT2D eigenvalue weighted by Gasteiger charge is -2.04. The number of carbonyl (C=O) groups is 1. The second-order valence-corrected chi connectivity index (χ2v) is 3.50. The van der Waals surface area contributed by atoms with Gasteiger partial charge in [-0.15, -0.1) is 0 Å². The van der Waals surface area contributed by atoms with Gasteiger partial charge in [-0.25, -0.2) is 0 Å². The van der Waals surface area contributed by atoms with Crippen molar-refractivity contribution >= 4 is 5.97 Å². The number of nitrogens with zero attached hydrogens (tertiary/aromatic N) is 2. The van der Waals surface area contributed by atoms with Crippen LogP contribution in [-0.4, -0.2) is 21.2 Å². The fraction of sp³-hybridized carbons (Fsp3) is 0.625. The number of rotatable bonds is 3. The fourth-order valence-corrected chi connectivity index (χ4v) is 1.42. The molecule has 0 saturated heterocycles. The first-order valence-electron chi connectivity index (χ1n) is 4.15. The molecule has 0 aliphatic heterocycles. The highest BCUT2D eigenvalue weighted by atomic mass is 16.5. The van der Waals surface area contributed by atoms with Crippen LogP contribution in [0.2, 0.25) is 0 Å². The molecule has 0 spiro atoms. The third kappa shape index (κ3) is 1.41. The topological polar surface area (TPSA) is 76.2 Å². The highest BCUT2D eigenvalue weighted by Crippen LogP contribution is 2.50. The standard InChI is InChI=1S/C8H10N2O3/c1-5-9-7(13-10-5)8(2-3-8)4-6(11)12/h2-4H2,1H3,(H,11,12). The summed E-state index contributed by atoms with van der Waals surface area (Å²) in [5.41, 5.74) is -0.354. The second-order valence-electron chi connectivity index (χ2n) is 3.50. The number of aliphatic carboxylic acids is 1. The van der Waals surface area contributed by atoms with Crippen LogP contribution in [0, 0.1) is 6.92 Å². The van der Waals surface area contributed by atoms with Crippen molar-refractivity contribution in [1.82, 2.24) is 10.1 Å². The van der Waals surface area contributed by atoms with Crippen LogP contribution in [0.3, 0.4) is 0 Å². The SMILES string of the molecule is Cc1noc(C2(CC(=O)O)CC2)n1. The van der Waals surface area contributed by atoms with E-state index in [9.17, 15) is 4.79 Å². The summed E-state index contributed by atoms with van der Waals surface area (Å²) in [6.45, 7) is 1.73. The van der Waals surface area contributed by atoms with E-state index in [2.05, 4.69) is 10.1 Å². The number of carboxylic acid groups (broad SMARTS) is 1. The fourth-order valence-electron chi connectivity index (χ4n) is 1.42. The zero-order valence-corrected chi connectivity index (χ0v) is 7.28. The Morgan fingerprint density at radius 2 is 2.38 bits per heavy atom. The average molecular weight is 182 g/mol. The van der Waals surface area contributed by atoms with E-state index in [0.717, 1.165) is 12.8 Å². The minimum Gasteiger partial charge on any atom is -0.481 e. The molecule has 1 heterocycles. The van der Waals surface area contributed by atoms with Crippen LogP contribution in [0.25, 0.3) is 0 Å². The Morgan fingerprint density at radius 1 is 1.69 bits per heavy atom. The minimum absolute atomic E-state index is 0.0919. The third-order valence-electron chi connectivity index (χ3n) is 2.32. The summed E-state index contributed by atoms with van der Waals surface area (Å²) >= 11 is 0.